The molecule has 4 N–H and O–H groups in total. The van der Waals surface area contributed by atoms with Crippen LogP contribution in [0, 0.1) is 11.3 Å². The molecule has 3 rings (SSSR count). The van der Waals surface area contributed by atoms with Crippen LogP contribution < -0.4 is 16.4 Å². The van der Waals surface area contributed by atoms with Crippen molar-refractivity contribution in [1.82, 2.24) is 25.0 Å². The zero-order valence-electron chi connectivity index (χ0n) is 16.5. The lowest BCUT2D eigenvalue weighted by atomic mass is 10.1. The van der Waals surface area contributed by atoms with Gasteiger partial charge in [-0.1, -0.05) is 18.2 Å². The van der Waals surface area contributed by atoms with Gasteiger partial charge in [-0.05, 0) is 37.1 Å². The van der Waals surface area contributed by atoms with Gasteiger partial charge in [0.1, 0.15) is 17.5 Å². The number of guanidine groups is 1. The summed E-state index contributed by atoms with van der Waals surface area (Å²) in [5.74, 6) is 1.14. The Morgan fingerprint density at radius 2 is 1.86 bits per heavy atom. The number of aliphatic imine (C=N–C) groups is 1. The number of nitrogens with one attached hydrogen (secondary N) is 2. The Balaban J connectivity index is 1.50. The van der Waals surface area contributed by atoms with Gasteiger partial charge in [0.25, 0.3) is 0 Å². The molecule has 2 heterocycles. The van der Waals surface area contributed by atoms with Gasteiger partial charge in [-0.2, -0.15) is 10.4 Å². The predicted octanol–water partition coefficient (Wildman–Crippen LogP) is 1.93. The highest BCUT2D eigenvalue weighted by atomic mass is 15.3. The molecule has 3 aromatic rings. The van der Waals surface area contributed by atoms with Gasteiger partial charge < -0.3 is 20.9 Å². The largest absolute Gasteiger partial charge is 0.382 e. The van der Waals surface area contributed by atoms with Gasteiger partial charge in [-0.3, -0.25) is 4.99 Å². The first-order chi connectivity index (χ1) is 14.2. The molecular formula is C21H26N8. The van der Waals surface area contributed by atoms with Crippen LogP contribution in [0.4, 0.5) is 5.82 Å². The number of nitrogens with zero attached hydrogens (tertiary/aromatic N) is 5. The second-order valence-corrected chi connectivity index (χ2v) is 6.52. The molecule has 150 valence electrons. The Labute approximate surface area is 170 Å². The summed E-state index contributed by atoms with van der Waals surface area (Å²) in [6.07, 6.45) is 5.52. The van der Waals surface area contributed by atoms with Crippen LogP contribution in [0.1, 0.15) is 17.7 Å². The molecule has 0 saturated heterocycles. The van der Waals surface area contributed by atoms with Gasteiger partial charge in [0.2, 0.25) is 0 Å². The van der Waals surface area contributed by atoms with Crippen molar-refractivity contribution in [3.8, 4) is 11.8 Å². The van der Waals surface area contributed by atoms with Crippen LogP contribution >= 0.6 is 0 Å². The summed E-state index contributed by atoms with van der Waals surface area (Å²) in [4.78, 5) is 4.24. The summed E-state index contributed by atoms with van der Waals surface area (Å²) >= 11 is 0. The van der Waals surface area contributed by atoms with Crippen molar-refractivity contribution in [1.29, 1.82) is 5.26 Å². The number of rotatable bonds is 8. The number of nitrogen functional groups attached to an aromatic ring is 1. The first-order valence-corrected chi connectivity index (χ1v) is 9.61. The molecule has 0 spiro atoms. The lowest BCUT2D eigenvalue weighted by Gasteiger charge is -2.12. The molecule has 8 heteroatoms. The quantitative estimate of drug-likeness (QED) is 0.309. The number of para-hydroxylation sites is 1. The van der Waals surface area contributed by atoms with E-state index in [9.17, 15) is 5.26 Å². The van der Waals surface area contributed by atoms with E-state index in [4.69, 9.17) is 5.73 Å². The van der Waals surface area contributed by atoms with E-state index < -0.39 is 0 Å². The number of hydrogen-bond acceptors (Lipinski definition) is 4. The van der Waals surface area contributed by atoms with Crippen molar-refractivity contribution in [3.05, 3.63) is 66.1 Å². The Morgan fingerprint density at radius 3 is 2.55 bits per heavy atom. The van der Waals surface area contributed by atoms with E-state index in [1.165, 1.54) is 0 Å². The smallest absolute Gasteiger partial charge is 0.191 e. The van der Waals surface area contributed by atoms with Crippen LogP contribution in [0.25, 0.3) is 5.69 Å². The fraction of sp³-hybridized carbons (Fsp3) is 0.286. The van der Waals surface area contributed by atoms with Crippen molar-refractivity contribution < 1.29 is 0 Å². The molecule has 0 aliphatic rings. The Bertz CT molecular complexity index is 964. The van der Waals surface area contributed by atoms with Gasteiger partial charge in [0.15, 0.2) is 5.96 Å². The molecule has 0 bridgehead atoms. The number of nitriles is 1. The average molecular weight is 390 g/mol. The minimum atomic E-state index is 0.379. The fourth-order valence-corrected chi connectivity index (χ4v) is 3.05. The number of benzene rings is 1. The number of hydrogen-bond donors (Lipinski definition) is 3. The summed E-state index contributed by atoms with van der Waals surface area (Å²) in [7, 11) is 1.75. The third-order valence-corrected chi connectivity index (χ3v) is 4.54. The fourth-order valence-electron chi connectivity index (χ4n) is 3.05. The number of aryl methyl sites for hydroxylation is 1. The maximum absolute atomic E-state index is 9.49. The van der Waals surface area contributed by atoms with Crippen molar-refractivity contribution in [2.45, 2.75) is 19.4 Å². The molecule has 29 heavy (non-hydrogen) atoms. The number of nitrogens with two attached hydrogens (primary N) is 1. The van der Waals surface area contributed by atoms with Gasteiger partial charge in [0.05, 0.1) is 11.4 Å². The molecule has 0 amide bonds. The van der Waals surface area contributed by atoms with Crippen molar-refractivity contribution >= 4 is 11.8 Å². The summed E-state index contributed by atoms with van der Waals surface area (Å²) < 4.78 is 3.74. The predicted molar refractivity (Wildman–Crippen MR) is 115 cm³/mol. The standard InChI is InChI=1S/C21H26N8/c1-24-21(26-12-15-28-13-5-6-14-28)25-11-7-10-19-18(16-22)20(23)29(27-19)17-8-3-2-4-9-17/h2-6,8-9,13-14H,7,10-12,15,23H2,1H3,(H2,24,25,26). The zero-order valence-corrected chi connectivity index (χ0v) is 16.5. The van der Waals surface area contributed by atoms with Crippen LogP contribution in [0.3, 0.4) is 0 Å². The monoisotopic (exact) mass is 390 g/mol. The molecule has 1 aromatic carbocycles. The molecule has 2 aromatic heterocycles. The Morgan fingerprint density at radius 1 is 1.14 bits per heavy atom. The topological polar surface area (TPSA) is 109 Å². The van der Waals surface area contributed by atoms with E-state index in [1.54, 1.807) is 11.7 Å². The third kappa shape index (κ3) is 5.17. The zero-order chi connectivity index (χ0) is 20.5. The Hall–Kier alpha value is -3.73. The van der Waals surface area contributed by atoms with Gasteiger partial charge >= 0.3 is 0 Å². The molecule has 8 nitrogen and oxygen atoms in total. The molecule has 0 fully saturated rings. The van der Waals surface area contributed by atoms with Crippen molar-refractivity contribution in [2.24, 2.45) is 4.99 Å². The molecule has 0 saturated carbocycles. The summed E-state index contributed by atoms with van der Waals surface area (Å²) in [6.45, 7) is 2.37. The lowest BCUT2D eigenvalue weighted by molar-refractivity contribution is 0.659. The third-order valence-electron chi connectivity index (χ3n) is 4.54. The molecule has 0 unspecified atom stereocenters. The van der Waals surface area contributed by atoms with E-state index in [2.05, 4.69) is 31.4 Å². The molecular weight excluding hydrogens is 364 g/mol. The minimum Gasteiger partial charge on any atom is -0.382 e. The van der Waals surface area contributed by atoms with Crippen LogP contribution in [0.2, 0.25) is 0 Å². The summed E-state index contributed by atoms with van der Waals surface area (Å²) in [5.41, 5.74) is 8.15. The van der Waals surface area contributed by atoms with Crippen LogP contribution in [0.15, 0.2) is 59.9 Å². The van der Waals surface area contributed by atoms with Crippen molar-refractivity contribution in [2.75, 3.05) is 25.9 Å². The van der Waals surface area contributed by atoms with Gasteiger partial charge in [-0.15, -0.1) is 0 Å². The highest BCUT2D eigenvalue weighted by Crippen LogP contribution is 2.21. The minimum absolute atomic E-state index is 0.379. The molecule has 0 aliphatic heterocycles. The first-order valence-electron chi connectivity index (χ1n) is 9.61. The SMILES string of the molecule is CN=C(NCCCc1nn(-c2ccccc2)c(N)c1C#N)NCCn1cccc1. The number of anilines is 1. The van der Waals surface area contributed by atoms with E-state index >= 15 is 0 Å². The van der Waals surface area contributed by atoms with Crippen LogP contribution in [-0.2, 0) is 13.0 Å². The lowest BCUT2D eigenvalue weighted by Crippen LogP contribution is -2.39. The Kier molecular flexibility index (Phi) is 6.90. The highest BCUT2D eigenvalue weighted by molar-refractivity contribution is 5.79. The van der Waals surface area contributed by atoms with Crippen LogP contribution in [-0.4, -0.2) is 40.4 Å². The first kappa shape index (κ1) is 20.0. The normalized spacial score (nSPS) is 11.2. The van der Waals surface area contributed by atoms with Crippen molar-refractivity contribution in [3.63, 3.8) is 0 Å². The van der Waals surface area contributed by atoms with E-state index in [0.717, 1.165) is 31.2 Å². The van der Waals surface area contributed by atoms with Crippen LogP contribution in [0.5, 0.6) is 0 Å². The number of aromatic nitrogens is 3. The van der Waals surface area contributed by atoms with E-state index in [1.807, 2.05) is 54.9 Å². The maximum atomic E-state index is 9.49. The second kappa shape index (κ2) is 9.99. The maximum Gasteiger partial charge on any atom is 0.191 e. The van der Waals surface area contributed by atoms with Gasteiger partial charge in [0, 0.05) is 39.1 Å². The summed E-state index contributed by atoms with van der Waals surface area (Å²) in [6, 6.07) is 15.8. The highest BCUT2D eigenvalue weighted by Gasteiger charge is 2.16. The summed E-state index contributed by atoms with van der Waals surface area (Å²) in [5, 5.41) is 20.6. The molecule has 0 aliphatic carbocycles. The average Bonchev–Trinajstić information content (AvgIpc) is 3.38. The second-order valence-electron chi connectivity index (χ2n) is 6.52. The van der Waals surface area contributed by atoms with Gasteiger partial charge in [-0.25, -0.2) is 4.68 Å². The van der Waals surface area contributed by atoms with E-state index in [-0.39, 0.29) is 0 Å². The molecule has 0 atom stereocenters. The van der Waals surface area contributed by atoms with E-state index in [0.29, 0.717) is 30.0 Å². The molecule has 0 radical (unpaired) electrons.